The maximum Gasteiger partial charge on any atom is 0.282 e. The Hall–Kier alpha value is -1.17. The number of nitrogens with zero attached hydrogens (tertiary/aromatic N) is 2. The minimum atomic E-state index is -0.0849. The number of hydrogen-bond acceptors (Lipinski definition) is 5. The van der Waals surface area contributed by atoms with E-state index in [4.69, 9.17) is 0 Å². The van der Waals surface area contributed by atoms with Gasteiger partial charge in [-0.05, 0) is 37.5 Å². The standard InChI is InChI=1S/C14H24N4OS/c1-4-5-15-14-18-17-13(20-14)12(19)16-11-7-9(2)6-10(3)8-11/h9-11H,4-8H2,1-3H3,(H,15,18)(H,16,19). The predicted molar refractivity (Wildman–Crippen MR) is 82.1 cm³/mol. The van der Waals surface area contributed by atoms with Gasteiger partial charge in [0, 0.05) is 12.6 Å². The van der Waals surface area contributed by atoms with Crippen LogP contribution in [0.4, 0.5) is 5.13 Å². The third kappa shape index (κ3) is 4.16. The molecule has 6 heteroatoms. The molecule has 0 bridgehead atoms. The van der Waals surface area contributed by atoms with E-state index in [1.165, 1.54) is 17.8 Å². The van der Waals surface area contributed by atoms with Crippen LogP contribution in [-0.4, -0.2) is 28.7 Å². The van der Waals surface area contributed by atoms with E-state index in [2.05, 4.69) is 41.6 Å². The van der Waals surface area contributed by atoms with Crippen LogP contribution in [0.3, 0.4) is 0 Å². The van der Waals surface area contributed by atoms with Gasteiger partial charge in [0.1, 0.15) is 0 Å². The molecule has 20 heavy (non-hydrogen) atoms. The molecule has 2 N–H and O–H groups in total. The second-order valence-electron chi connectivity index (χ2n) is 5.93. The molecule has 1 aromatic heterocycles. The van der Waals surface area contributed by atoms with Gasteiger partial charge in [-0.25, -0.2) is 0 Å². The second-order valence-corrected chi connectivity index (χ2v) is 6.90. The molecule has 2 unspecified atom stereocenters. The molecule has 1 aromatic rings. The van der Waals surface area contributed by atoms with Crippen molar-refractivity contribution in [2.24, 2.45) is 11.8 Å². The average molecular weight is 296 g/mol. The molecule has 112 valence electrons. The summed E-state index contributed by atoms with van der Waals surface area (Å²) in [7, 11) is 0. The molecule has 0 radical (unpaired) electrons. The first-order valence-corrected chi connectivity index (χ1v) is 8.28. The number of hydrogen-bond donors (Lipinski definition) is 2. The summed E-state index contributed by atoms with van der Waals surface area (Å²) in [5.41, 5.74) is 0. The van der Waals surface area contributed by atoms with E-state index in [1.807, 2.05) is 0 Å². The minimum Gasteiger partial charge on any atom is -0.360 e. The number of rotatable bonds is 5. The fraction of sp³-hybridized carbons (Fsp3) is 0.786. The Morgan fingerprint density at radius 2 is 1.95 bits per heavy atom. The molecule has 1 saturated carbocycles. The molecule has 0 aromatic carbocycles. The molecule has 0 saturated heterocycles. The van der Waals surface area contributed by atoms with Gasteiger partial charge in [0.05, 0.1) is 0 Å². The topological polar surface area (TPSA) is 66.9 Å². The summed E-state index contributed by atoms with van der Waals surface area (Å²) < 4.78 is 0. The summed E-state index contributed by atoms with van der Waals surface area (Å²) in [5.74, 6) is 1.28. The van der Waals surface area contributed by atoms with E-state index in [9.17, 15) is 4.79 Å². The van der Waals surface area contributed by atoms with E-state index in [0.29, 0.717) is 16.8 Å². The highest BCUT2D eigenvalue weighted by atomic mass is 32.1. The Morgan fingerprint density at radius 1 is 1.25 bits per heavy atom. The fourth-order valence-corrected chi connectivity index (χ4v) is 3.60. The fourth-order valence-electron chi connectivity index (χ4n) is 2.93. The van der Waals surface area contributed by atoms with Gasteiger partial charge in [-0.15, -0.1) is 10.2 Å². The van der Waals surface area contributed by atoms with Crippen molar-refractivity contribution in [1.29, 1.82) is 0 Å². The van der Waals surface area contributed by atoms with Gasteiger partial charge in [-0.1, -0.05) is 32.1 Å². The lowest BCUT2D eigenvalue weighted by molar-refractivity contribution is 0.0910. The van der Waals surface area contributed by atoms with E-state index in [0.717, 1.165) is 30.9 Å². The van der Waals surface area contributed by atoms with Crippen molar-refractivity contribution in [1.82, 2.24) is 15.5 Å². The third-order valence-corrected chi connectivity index (χ3v) is 4.54. The van der Waals surface area contributed by atoms with Crippen LogP contribution >= 0.6 is 11.3 Å². The maximum absolute atomic E-state index is 12.2. The number of anilines is 1. The van der Waals surface area contributed by atoms with E-state index < -0.39 is 0 Å². The van der Waals surface area contributed by atoms with E-state index in [-0.39, 0.29) is 11.9 Å². The molecular formula is C14H24N4OS. The van der Waals surface area contributed by atoms with Crippen LogP contribution in [0, 0.1) is 11.8 Å². The molecule has 0 aliphatic heterocycles. The summed E-state index contributed by atoms with van der Waals surface area (Å²) in [4.78, 5) is 12.2. The van der Waals surface area contributed by atoms with Crippen molar-refractivity contribution in [2.75, 3.05) is 11.9 Å². The molecule has 1 heterocycles. The van der Waals surface area contributed by atoms with Crippen LogP contribution in [0.2, 0.25) is 0 Å². The van der Waals surface area contributed by atoms with Gasteiger partial charge in [-0.3, -0.25) is 4.79 Å². The Bertz CT molecular complexity index is 438. The summed E-state index contributed by atoms with van der Waals surface area (Å²) >= 11 is 1.33. The van der Waals surface area contributed by atoms with Crippen LogP contribution < -0.4 is 10.6 Å². The lowest BCUT2D eigenvalue weighted by atomic mass is 9.80. The predicted octanol–water partition coefficient (Wildman–Crippen LogP) is 2.91. The molecule has 1 fully saturated rings. The van der Waals surface area contributed by atoms with Crippen molar-refractivity contribution in [3.63, 3.8) is 0 Å². The van der Waals surface area contributed by atoms with Gasteiger partial charge in [-0.2, -0.15) is 0 Å². The first kappa shape index (κ1) is 15.2. The summed E-state index contributed by atoms with van der Waals surface area (Å²) in [6, 6.07) is 0.275. The van der Waals surface area contributed by atoms with Gasteiger partial charge in [0.2, 0.25) is 10.1 Å². The molecule has 1 aliphatic rings. The highest BCUT2D eigenvalue weighted by molar-refractivity contribution is 7.17. The molecule has 0 spiro atoms. The van der Waals surface area contributed by atoms with Crippen molar-refractivity contribution >= 4 is 22.4 Å². The molecule has 2 rings (SSSR count). The number of nitrogens with one attached hydrogen (secondary N) is 2. The summed E-state index contributed by atoms with van der Waals surface area (Å²) in [5, 5.41) is 15.4. The van der Waals surface area contributed by atoms with Crippen LogP contribution in [0.25, 0.3) is 0 Å². The van der Waals surface area contributed by atoms with Crippen molar-refractivity contribution in [3.8, 4) is 0 Å². The number of carbonyl (C=O) groups excluding carboxylic acids is 1. The quantitative estimate of drug-likeness (QED) is 0.876. The maximum atomic E-state index is 12.2. The number of aromatic nitrogens is 2. The summed E-state index contributed by atoms with van der Waals surface area (Å²) in [6.45, 7) is 7.46. The smallest absolute Gasteiger partial charge is 0.282 e. The largest absolute Gasteiger partial charge is 0.360 e. The Labute approximate surface area is 124 Å². The van der Waals surface area contributed by atoms with Crippen molar-refractivity contribution in [2.45, 2.75) is 52.5 Å². The lowest BCUT2D eigenvalue weighted by Gasteiger charge is -2.31. The van der Waals surface area contributed by atoms with Crippen LogP contribution in [0.1, 0.15) is 56.3 Å². The SMILES string of the molecule is CCCNc1nnc(C(=O)NC2CC(C)CC(C)C2)s1. The monoisotopic (exact) mass is 296 g/mol. The first-order chi connectivity index (χ1) is 9.58. The van der Waals surface area contributed by atoms with E-state index >= 15 is 0 Å². The van der Waals surface area contributed by atoms with Crippen LogP contribution in [-0.2, 0) is 0 Å². The van der Waals surface area contributed by atoms with Gasteiger partial charge < -0.3 is 10.6 Å². The zero-order valence-electron chi connectivity index (χ0n) is 12.5. The molecule has 2 atom stereocenters. The third-order valence-electron chi connectivity index (χ3n) is 3.66. The van der Waals surface area contributed by atoms with Crippen molar-refractivity contribution < 1.29 is 4.79 Å². The highest BCUT2D eigenvalue weighted by Crippen LogP contribution is 2.28. The molecular weight excluding hydrogens is 272 g/mol. The molecule has 1 aliphatic carbocycles. The number of amides is 1. The Morgan fingerprint density at radius 3 is 2.60 bits per heavy atom. The molecule has 5 nitrogen and oxygen atoms in total. The Balaban J connectivity index is 1.89. The van der Waals surface area contributed by atoms with E-state index in [1.54, 1.807) is 0 Å². The first-order valence-electron chi connectivity index (χ1n) is 7.46. The van der Waals surface area contributed by atoms with Crippen molar-refractivity contribution in [3.05, 3.63) is 5.01 Å². The Kier molecular flexibility index (Phi) is 5.34. The normalized spacial score (nSPS) is 26.2. The zero-order valence-corrected chi connectivity index (χ0v) is 13.3. The zero-order chi connectivity index (χ0) is 14.5. The van der Waals surface area contributed by atoms with Crippen LogP contribution in [0.15, 0.2) is 0 Å². The average Bonchev–Trinajstić information content (AvgIpc) is 2.83. The van der Waals surface area contributed by atoms with Crippen LogP contribution in [0.5, 0.6) is 0 Å². The second kappa shape index (κ2) is 7.02. The minimum absolute atomic E-state index is 0.0849. The van der Waals surface area contributed by atoms with Gasteiger partial charge >= 0.3 is 0 Å². The lowest BCUT2D eigenvalue weighted by Crippen LogP contribution is -2.40. The van der Waals surface area contributed by atoms with Gasteiger partial charge in [0.15, 0.2) is 0 Å². The molecule has 1 amide bonds. The van der Waals surface area contributed by atoms with Gasteiger partial charge in [0.25, 0.3) is 5.91 Å². The summed E-state index contributed by atoms with van der Waals surface area (Å²) in [6.07, 6.45) is 4.42. The number of carbonyl (C=O) groups is 1. The highest BCUT2D eigenvalue weighted by Gasteiger charge is 2.26.